The highest BCUT2D eigenvalue weighted by molar-refractivity contribution is 4.80. The van der Waals surface area contributed by atoms with E-state index in [4.69, 9.17) is 0 Å². The fourth-order valence-electron chi connectivity index (χ4n) is 2.56. The summed E-state index contributed by atoms with van der Waals surface area (Å²) in [4.78, 5) is 2.49. The molecule has 0 unspecified atom stereocenters. The lowest BCUT2D eigenvalue weighted by molar-refractivity contribution is 0.299. The van der Waals surface area contributed by atoms with Crippen molar-refractivity contribution in [1.29, 1.82) is 0 Å². The molecule has 0 aromatic carbocycles. The maximum Gasteiger partial charge on any atom is 0.0104 e. The molecular formula is C13H26N2. The van der Waals surface area contributed by atoms with Crippen molar-refractivity contribution in [2.75, 3.05) is 26.7 Å². The van der Waals surface area contributed by atoms with Crippen LogP contribution in [-0.2, 0) is 0 Å². The maximum absolute atomic E-state index is 3.57. The molecule has 2 rings (SSSR count). The molecule has 1 N–H and O–H groups in total. The predicted molar refractivity (Wildman–Crippen MR) is 65.1 cm³/mol. The number of hydrogen-bond donors (Lipinski definition) is 1. The number of likely N-dealkylation sites (N-methyl/N-ethyl adjacent to an activating group) is 1. The van der Waals surface area contributed by atoms with Crippen molar-refractivity contribution in [1.82, 2.24) is 10.2 Å². The molecule has 0 amide bonds. The quantitative estimate of drug-likeness (QED) is 0.693. The molecule has 0 radical (unpaired) electrons. The van der Waals surface area contributed by atoms with Gasteiger partial charge in [0, 0.05) is 19.1 Å². The molecule has 2 saturated carbocycles. The molecule has 0 saturated heterocycles. The van der Waals surface area contributed by atoms with E-state index in [1.807, 2.05) is 0 Å². The fraction of sp³-hybridized carbons (Fsp3) is 1.00. The summed E-state index contributed by atoms with van der Waals surface area (Å²) < 4.78 is 0. The monoisotopic (exact) mass is 210 g/mol. The Hall–Kier alpha value is -0.0800. The number of nitrogens with one attached hydrogen (secondary N) is 1. The van der Waals surface area contributed by atoms with Crippen LogP contribution in [0.1, 0.15) is 44.9 Å². The lowest BCUT2D eigenvalue weighted by Crippen LogP contribution is -2.31. The summed E-state index contributed by atoms with van der Waals surface area (Å²) in [6.07, 6.45) is 10.2. The van der Waals surface area contributed by atoms with Crippen LogP contribution in [0.15, 0.2) is 0 Å². The average molecular weight is 210 g/mol. The Morgan fingerprint density at radius 3 is 2.47 bits per heavy atom. The van der Waals surface area contributed by atoms with Crippen LogP contribution in [0, 0.1) is 5.92 Å². The van der Waals surface area contributed by atoms with Crippen molar-refractivity contribution in [3.63, 3.8) is 0 Å². The van der Waals surface area contributed by atoms with E-state index >= 15 is 0 Å². The van der Waals surface area contributed by atoms with Gasteiger partial charge in [-0.15, -0.1) is 0 Å². The van der Waals surface area contributed by atoms with E-state index in [-0.39, 0.29) is 0 Å². The first-order chi connectivity index (χ1) is 7.34. The zero-order chi connectivity index (χ0) is 10.5. The van der Waals surface area contributed by atoms with Crippen LogP contribution in [0.4, 0.5) is 0 Å². The summed E-state index contributed by atoms with van der Waals surface area (Å²) in [5, 5.41) is 3.57. The van der Waals surface area contributed by atoms with Crippen molar-refractivity contribution < 1.29 is 0 Å². The van der Waals surface area contributed by atoms with Gasteiger partial charge in [-0.25, -0.2) is 0 Å². The van der Waals surface area contributed by atoms with Crippen molar-refractivity contribution in [3.8, 4) is 0 Å². The summed E-state index contributed by atoms with van der Waals surface area (Å²) in [5.41, 5.74) is 0. The molecule has 0 heterocycles. The molecule has 88 valence electrons. The Bertz CT molecular complexity index is 171. The van der Waals surface area contributed by atoms with E-state index in [9.17, 15) is 0 Å². The van der Waals surface area contributed by atoms with Gasteiger partial charge in [0.2, 0.25) is 0 Å². The molecule has 2 fully saturated rings. The maximum atomic E-state index is 3.57. The molecule has 0 aromatic rings. The third-order valence-electron chi connectivity index (χ3n) is 3.90. The van der Waals surface area contributed by atoms with Gasteiger partial charge in [0.1, 0.15) is 0 Å². The summed E-state index contributed by atoms with van der Waals surface area (Å²) in [6, 6.07) is 0.869. The molecule has 2 nitrogen and oxygen atoms in total. The van der Waals surface area contributed by atoms with E-state index < -0.39 is 0 Å². The zero-order valence-corrected chi connectivity index (χ0v) is 10.2. The van der Waals surface area contributed by atoms with Crippen molar-refractivity contribution in [3.05, 3.63) is 0 Å². The van der Waals surface area contributed by atoms with Crippen LogP contribution in [0.25, 0.3) is 0 Å². The molecule has 15 heavy (non-hydrogen) atoms. The topological polar surface area (TPSA) is 15.3 Å². The van der Waals surface area contributed by atoms with Gasteiger partial charge >= 0.3 is 0 Å². The Morgan fingerprint density at radius 2 is 1.80 bits per heavy atom. The lowest BCUT2D eigenvalue weighted by Gasteiger charge is -2.19. The van der Waals surface area contributed by atoms with E-state index in [1.54, 1.807) is 0 Å². The summed E-state index contributed by atoms with van der Waals surface area (Å²) in [6.45, 7) is 3.71. The normalized spacial score (nSPS) is 22.8. The van der Waals surface area contributed by atoms with E-state index in [0.717, 1.165) is 12.0 Å². The van der Waals surface area contributed by atoms with Crippen LogP contribution in [-0.4, -0.2) is 37.6 Å². The van der Waals surface area contributed by atoms with Crippen LogP contribution in [0.3, 0.4) is 0 Å². The smallest absolute Gasteiger partial charge is 0.0104 e. The Labute approximate surface area is 94.4 Å². The largest absolute Gasteiger partial charge is 0.313 e. The molecule has 2 aliphatic carbocycles. The predicted octanol–water partition coefficient (Wildman–Crippen LogP) is 2.25. The van der Waals surface area contributed by atoms with Crippen LogP contribution >= 0.6 is 0 Å². The summed E-state index contributed by atoms with van der Waals surface area (Å²) in [7, 11) is 2.27. The molecule has 2 aliphatic rings. The molecule has 0 bridgehead atoms. The number of nitrogens with zero attached hydrogens (tertiary/aromatic N) is 1. The Kier molecular flexibility index (Phi) is 4.45. The minimum Gasteiger partial charge on any atom is -0.313 e. The van der Waals surface area contributed by atoms with E-state index in [0.29, 0.717) is 0 Å². The minimum absolute atomic E-state index is 0.869. The van der Waals surface area contributed by atoms with E-state index in [2.05, 4.69) is 17.3 Å². The Balaban J connectivity index is 1.45. The third-order valence-corrected chi connectivity index (χ3v) is 3.90. The van der Waals surface area contributed by atoms with Gasteiger partial charge in [0.15, 0.2) is 0 Å². The van der Waals surface area contributed by atoms with Crippen LogP contribution in [0.5, 0.6) is 0 Å². The first-order valence-corrected chi connectivity index (χ1v) is 6.76. The molecule has 2 heteroatoms. The van der Waals surface area contributed by atoms with Crippen LogP contribution < -0.4 is 5.32 Å². The highest BCUT2D eigenvalue weighted by Crippen LogP contribution is 2.27. The van der Waals surface area contributed by atoms with Gasteiger partial charge in [-0.1, -0.05) is 25.7 Å². The molecule has 0 spiro atoms. The number of rotatable bonds is 7. The third kappa shape index (κ3) is 4.52. The minimum atomic E-state index is 0.869. The molecule has 0 atom stereocenters. The van der Waals surface area contributed by atoms with Gasteiger partial charge in [-0.3, -0.25) is 0 Å². The lowest BCUT2D eigenvalue weighted by atomic mass is 10.0. The first-order valence-electron chi connectivity index (χ1n) is 6.76. The molecule has 0 aliphatic heterocycles. The summed E-state index contributed by atoms with van der Waals surface area (Å²) in [5.74, 6) is 1.05. The van der Waals surface area contributed by atoms with Gasteiger partial charge in [-0.2, -0.15) is 0 Å². The second-order valence-electron chi connectivity index (χ2n) is 5.47. The van der Waals surface area contributed by atoms with Gasteiger partial charge in [-0.05, 0) is 38.8 Å². The average Bonchev–Trinajstić information content (AvgIpc) is 2.91. The van der Waals surface area contributed by atoms with Gasteiger partial charge < -0.3 is 10.2 Å². The fourth-order valence-corrected chi connectivity index (χ4v) is 2.56. The SMILES string of the molecule is CN(CCNC1CC1)CCC1CCCC1. The van der Waals surface area contributed by atoms with Crippen molar-refractivity contribution in [2.45, 2.75) is 51.0 Å². The van der Waals surface area contributed by atoms with Crippen molar-refractivity contribution in [2.24, 2.45) is 5.92 Å². The van der Waals surface area contributed by atoms with Crippen LogP contribution in [0.2, 0.25) is 0 Å². The second-order valence-corrected chi connectivity index (χ2v) is 5.47. The van der Waals surface area contributed by atoms with Gasteiger partial charge in [0.25, 0.3) is 0 Å². The first kappa shape index (κ1) is 11.4. The second kappa shape index (κ2) is 5.86. The van der Waals surface area contributed by atoms with E-state index in [1.165, 1.54) is 64.6 Å². The molecular weight excluding hydrogens is 184 g/mol. The molecule has 0 aromatic heterocycles. The zero-order valence-electron chi connectivity index (χ0n) is 10.2. The summed E-state index contributed by atoms with van der Waals surface area (Å²) >= 11 is 0. The Morgan fingerprint density at radius 1 is 1.07 bits per heavy atom. The standard InChI is InChI=1S/C13H26N2/c1-15(11-9-14-13-6-7-13)10-8-12-4-2-3-5-12/h12-14H,2-11H2,1H3. The highest BCUT2D eigenvalue weighted by atomic mass is 15.1. The van der Waals surface area contributed by atoms with Crippen molar-refractivity contribution >= 4 is 0 Å². The highest BCUT2D eigenvalue weighted by Gasteiger charge is 2.20. The van der Waals surface area contributed by atoms with Gasteiger partial charge in [0.05, 0.1) is 0 Å². The number of hydrogen-bond acceptors (Lipinski definition) is 2.